The van der Waals surface area contributed by atoms with Crippen molar-refractivity contribution in [3.8, 4) is 0 Å². The number of guanidine groups is 1. The number of carbonyl (C=O) groups excluding carboxylic acids is 2. The van der Waals surface area contributed by atoms with E-state index in [9.17, 15) is 22.8 Å². The van der Waals surface area contributed by atoms with Crippen LogP contribution in [0.25, 0.3) is 0 Å². The van der Waals surface area contributed by atoms with Gasteiger partial charge in [0.2, 0.25) is 5.96 Å². The Morgan fingerprint density at radius 3 is 1.31 bits per heavy atom. The molecule has 0 aliphatic rings. The number of ether oxygens (including phenoxy) is 2. The van der Waals surface area contributed by atoms with Crippen molar-refractivity contribution < 1.29 is 45.2 Å². The van der Waals surface area contributed by atoms with Crippen molar-refractivity contribution in [1.29, 1.82) is 5.41 Å². The second-order valence-electron chi connectivity index (χ2n) is 6.60. The molecule has 2 amide bonds. The van der Waals surface area contributed by atoms with E-state index in [4.69, 9.17) is 33.6 Å². The predicted molar refractivity (Wildman–Crippen MR) is 83.8 cm³/mol. The van der Waals surface area contributed by atoms with Crippen molar-refractivity contribution in [2.45, 2.75) is 58.3 Å². The van der Waals surface area contributed by atoms with Gasteiger partial charge in [0.15, 0.2) is 0 Å². The van der Waals surface area contributed by atoms with E-state index in [1.807, 2.05) is 0 Å². The number of hydrogen-bond donors (Lipinski definition) is 3. The van der Waals surface area contributed by atoms with E-state index in [1.165, 1.54) is 0 Å². The highest BCUT2D eigenvalue weighted by Crippen LogP contribution is 2.20. The fourth-order valence-corrected chi connectivity index (χ4v) is 0.886. The fourth-order valence-electron chi connectivity index (χ4n) is 0.886. The summed E-state index contributed by atoms with van der Waals surface area (Å²) < 4.78 is 67.5. The number of nitrogens with zero attached hydrogens (tertiary/aromatic N) is 1. The highest BCUT2D eigenvalue weighted by atomic mass is 32.2. The lowest BCUT2D eigenvalue weighted by atomic mass is 10.2. The Labute approximate surface area is 148 Å². The van der Waals surface area contributed by atoms with Gasteiger partial charge in [-0.3, -0.25) is 9.96 Å². The van der Waals surface area contributed by atoms with Crippen LogP contribution in [0.4, 0.5) is 22.8 Å². The first-order valence-electron chi connectivity index (χ1n) is 6.72. The molecule has 0 atom stereocenters. The number of nitrogens with one attached hydrogen (secondary N) is 1. The summed E-state index contributed by atoms with van der Waals surface area (Å²) in [5.74, 6) is -0.751. The smallest absolute Gasteiger partial charge is 0.443 e. The molecular weight excluding hydrogens is 387 g/mol. The molecule has 154 valence electrons. The molecule has 4 N–H and O–H groups in total. The highest BCUT2D eigenvalue weighted by molar-refractivity contribution is 7.86. The lowest BCUT2D eigenvalue weighted by Crippen LogP contribution is -2.49. The van der Waals surface area contributed by atoms with Gasteiger partial charge >= 0.3 is 27.8 Å². The third-order valence-electron chi connectivity index (χ3n) is 1.69. The zero-order valence-electron chi connectivity index (χ0n) is 15.0. The molecule has 26 heavy (non-hydrogen) atoms. The van der Waals surface area contributed by atoms with Crippen LogP contribution < -0.4 is 5.73 Å². The van der Waals surface area contributed by atoms with E-state index in [0.717, 1.165) is 0 Å². The van der Waals surface area contributed by atoms with Crippen LogP contribution >= 0.6 is 0 Å². The highest BCUT2D eigenvalue weighted by Gasteiger charge is 2.44. The quantitative estimate of drug-likeness (QED) is 0.238. The molecule has 10 nitrogen and oxygen atoms in total. The van der Waals surface area contributed by atoms with Crippen LogP contribution in [-0.2, 0) is 19.6 Å². The molecular formula is C12H22F3N3O7S. The zero-order chi connectivity index (χ0) is 21.7. The summed E-state index contributed by atoms with van der Waals surface area (Å²) in [4.78, 5) is 23.8. The van der Waals surface area contributed by atoms with Crippen LogP contribution in [0.3, 0.4) is 0 Å². The standard InChI is InChI=1S/C11H21N3O4.CHF3O3S/c1-10(2,3)17-8(15)14(7(12)13)9(16)18-11(4,5)6;2-1(3,4)8(5,6)7/h1-6H3,(H3,12,13);(H,5,6,7). The molecule has 0 fully saturated rings. The molecule has 0 unspecified atom stereocenters. The average Bonchev–Trinajstić information content (AvgIpc) is 2.19. The summed E-state index contributed by atoms with van der Waals surface area (Å²) in [7, 11) is -5.84. The van der Waals surface area contributed by atoms with Crippen molar-refractivity contribution in [3.63, 3.8) is 0 Å². The molecule has 0 radical (unpaired) electrons. The Kier molecular flexibility index (Phi) is 8.58. The molecule has 0 aliphatic heterocycles. The SMILES string of the molecule is CC(C)(C)OC(=O)N(C(=N)N)C(=O)OC(C)(C)C.O=S(=O)(O)C(F)(F)F. The van der Waals surface area contributed by atoms with Gasteiger partial charge in [0, 0.05) is 0 Å². The van der Waals surface area contributed by atoms with Gasteiger partial charge in [-0.1, -0.05) is 0 Å². The number of nitrogens with two attached hydrogens (primary N) is 1. The van der Waals surface area contributed by atoms with Crippen LogP contribution in [0.1, 0.15) is 41.5 Å². The van der Waals surface area contributed by atoms with Gasteiger partial charge in [-0.15, -0.1) is 4.90 Å². The van der Waals surface area contributed by atoms with Crippen LogP contribution in [0.2, 0.25) is 0 Å². The van der Waals surface area contributed by atoms with Crippen molar-refractivity contribution in [2.24, 2.45) is 5.73 Å². The maximum atomic E-state index is 11.7. The molecule has 0 aromatic carbocycles. The van der Waals surface area contributed by atoms with Gasteiger partial charge in [0.25, 0.3) is 0 Å². The minimum Gasteiger partial charge on any atom is -0.443 e. The molecule has 0 aromatic rings. The number of amides is 2. The van der Waals surface area contributed by atoms with E-state index in [1.54, 1.807) is 41.5 Å². The monoisotopic (exact) mass is 409 g/mol. The molecule has 0 spiro atoms. The third-order valence-corrected chi connectivity index (χ3v) is 2.27. The number of halogens is 3. The summed E-state index contributed by atoms with van der Waals surface area (Å²) in [6.45, 7) is 9.82. The molecule has 0 aliphatic carbocycles. The molecule has 0 heterocycles. The Morgan fingerprint density at radius 2 is 1.19 bits per heavy atom. The maximum absolute atomic E-state index is 11.7. The Hall–Kier alpha value is -2.09. The van der Waals surface area contributed by atoms with Gasteiger partial charge in [-0.2, -0.15) is 21.6 Å². The van der Waals surface area contributed by atoms with E-state index in [2.05, 4.69) is 0 Å². The number of alkyl halides is 3. The lowest BCUT2D eigenvalue weighted by molar-refractivity contribution is -0.0510. The van der Waals surface area contributed by atoms with Crippen molar-refractivity contribution in [1.82, 2.24) is 4.90 Å². The summed E-state index contributed by atoms with van der Waals surface area (Å²) in [6.07, 6.45) is -2.08. The third kappa shape index (κ3) is 11.5. The number of hydrogen-bond acceptors (Lipinski definition) is 7. The fraction of sp³-hybridized carbons (Fsp3) is 0.750. The van der Waals surface area contributed by atoms with Crippen molar-refractivity contribution in [3.05, 3.63) is 0 Å². The average molecular weight is 409 g/mol. The first-order chi connectivity index (χ1) is 11.1. The van der Waals surface area contributed by atoms with Crippen LogP contribution in [-0.4, -0.2) is 52.7 Å². The van der Waals surface area contributed by atoms with Gasteiger partial charge in [0.1, 0.15) is 11.2 Å². The molecule has 0 rings (SSSR count). The van der Waals surface area contributed by atoms with E-state index >= 15 is 0 Å². The van der Waals surface area contributed by atoms with Crippen molar-refractivity contribution >= 4 is 28.3 Å². The Balaban J connectivity index is 0. The van der Waals surface area contributed by atoms with Gasteiger partial charge in [-0.05, 0) is 41.5 Å². The molecule has 14 heteroatoms. The molecule has 0 aromatic heterocycles. The number of rotatable bonds is 0. The largest absolute Gasteiger partial charge is 0.522 e. The second-order valence-corrected chi connectivity index (χ2v) is 8.02. The molecule has 0 bridgehead atoms. The minimum atomic E-state index is -5.84. The van der Waals surface area contributed by atoms with Gasteiger partial charge in [0.05, 0.1) is 0 Å². The van der Waals surface area contributed by atoms with E-state index in [0.29, 0.717) is 4.90 Å². The first-order valence-corrected chi connectivity index (χ1v) is 8.16. The molecule has 0 saturated carbocycles. The number of imide groups is 1. The first kappa shape index (κ1) is 26.1. The summed E-state index contributed by atoms with van der Waals surface area (Å²) in [5.41, 5.74) is -1.95. The van der Waals surface area contributed by atoms with Gasteiger partial charge in [-0.25, -0.2) is 9.59 Å². The minimum absolute atomic E-state index is 0.344. The Morgan fingerprint density at radius 1 is 0.962 bits per heavy atom. The van der Waals surface area contributed by atoms with E-state index < -0.39 is 45.0 Å². The predicted octanol–water partition coefficient (Wildman–Crippen LogP) is 2.45. The Bertz CT molecular complexity index is 606. The van der Waals surface area contributed by atoms with Gasteiger partial charge < -0.3 is 15.2 Å². The van der Waals surface area contributed by atoms with E-state index in [-0.39, 0.29) is 0 Å². The van der Waals surface area contributed by atoms with Crippen LogP contribution in [0.5, 0.6) is 0 Å². The summed E-state index contributed by atoms with van der Waals surface area (Å²) in [5, 5.41) is 7.23. The lowest BCUT2D eigenvalue weighted by Gasteiger charge is -2.27. The van der Waals surface area contributed by atoms with Crippen molar-refractivity contribution in [2.75, 3.05) is 0 Å². The second kappa shape index (κ2) is 8.53. The summed E-state index contributed by atoms with van der Waals surface area (Å²) in [6, 6.07) is 0. The normalized spacial score (nSPS) is 12.4. The number of carbonyl (C=O) groups is 2. The topological polar surface area (TPSA) is 160 Å². The zero-order valence-corrected chi connectivity index (χ0v) is 15.8. The maximum Gasteiger partial charge on any atom is 0.522 e. The van der Waals surface area contributed by atoms with Crippen LogP contribution in [0, 0.1) is 5.41 Å². The van der Waals surface area contributed by atoms with Crippen LogP contribution in [0.15, 0.2) is 0 Å². The molecule has 0 saturated heterocycles. The summed E-state index contributed by atoms with van der Waals surface area (Å²) >= 11 is 0.